The number of aromatic nitrogens is 1. The van der Waals surface area contributed by atoms with Crippen molar-refractivity contribution in [3.8, 4) is 28.1 Å². The van der Waals surface area contributed by atoms with E-state index in [9.17, 15) is 8.42 Å². The fourth-order valence-electron chi connectivity index (χ4n) is 3.66. The minimum Gasteiger partial charge on any atom is -0.544 e. The van der Waals surface area contributed by atoms with Crippen molar-refractivity contribution < 1.29 is 21.5 Å². The van der Waals surface area contributed by atoms with Crippen LogP contribution in [0.3, 0.4) is 0 Å². The van der Waals surface area contributed by atoms with Crippen LogP contribution in [0.4, 0.5) is 0 Å². The summed E-state index contributed by atoms with van der Waals surface area (Å²) in [6.45, 7) is 11.2. The Hall–Kier alpha value is -2.42. The highest BCUT2D eigenvalue weighted by Crippen LogP contribution is 2.53. The molecular weight excluding hydrogens is 466 g/mol. The van der Waals surface area contributed by atoms with Crippen molar-refractivity contribution >= 4 is 18.4 Å². The zero-order valence-electron chi connectivity index (χ0n) is 20.7. The Morgan fingerprint density at radius 3 is 2.15 bits per heavy atom. The summed E-state index contributed by atoms with van der Waals surface area (Å²) < 4.78 is 40.8. The molecule has 6 nitrogen and oxygen atoms in total. The number of benzene rings is 2. The first-order valence-corrected chi connectivity index (χ1v) is 16.2. The summed E-state index contributed by atoms with van der Waals surface area (Å²) in [5, 5.41) is 4.56. The fraction of sp³-hybridized carbons (Fsp3) is 0.423. The van der Waals surface area contributed by atoms with Gasteiger partial charge in [0, 0.05) is 5.56 Å². The number of nitrogens with zero attached hydrogens (tertiary/aromatic N) is 1. The molecule has 0 unspecified atom stereocenters. The summed E-state index contributed by atoms with van der Waals surface area (Å²) in [6.07, 6.45) is 2.65. The van der Waals surface area contributed by atoms with E-state index in [-0.39, 0.29) is 11.6 Å². The van der Waals surface area contributed by atoms with Gasteiger partial charge in [-0.25, -0.2) is 0 Å². The standard InChI is InChI=1S/C26H33NO5SSi/c1-25(2,3)34(5,6)32-21-14-12-20(13-15-21)23-22(19-10-8-7-9-11-19)24(31-27-23)26(16-17-26)18-30-33(4,28)29/h7-15H,16-18H2,1-6H3. The molecule has 0 atom stereocenters. The number of hydrogen-bond donors (Lipinski definition) is 0. The van der Waals surface area contributed by atoms with E-state index in [4.69, 9.17) is 13.1 Å². The van der Waals surface area contributed by atoms with Crippen LogP contribution in [-0.2, 0) is 19.7 Å². The van der Waals surface area contributed by atoms with E-state index in [0.29, 0.717) is 5.76 Å². The van der Waals surface area contributed by atoms with Gasteiger partial charge in [-0.2, -0.15) is 8.42 Å². The third-order valence-corrected chi connectivity index (χ3v) is 11.9. The smallest absolute Gasteiger partial charge is 0.264 e. The van der Waals surface area contributed by atoms with Crippen LogP contribution in [0.5, 0.6) is 5.75 Å². The van der Waals surface area contributed by atoms with Crippen LogP contribution in [0.1, 0.15) is 39.4 Å². The van der Waals surface area contributed by atoms with Gasteiger partial charge in [0.05, 0.1) is 23.8 Å². The molecule has 2 aromatic carbocycles. The molecule has 0 radical (unpaired) electrons. The lowest BCUT2D eigenvalue weighted by Gasteiger charge is -2.36. The Balaban J connectivity index is 1.71. The van der Waals surface area contributed by atoms with Crippen LogP contribution < -0.4 is 4.43 Å². The highest BCUT2D eigenvalue weighted by atomic mass is 32.2. The van der Waals surface area contributed by atoms with Gasteiger partial charge in [-0.15, -0.1) is 0 Å². The first-order valence-electron chi connectivity index (χ1n) is 11.5. The fourth-order valence-corrected chi connectivity index (χ4v) is 5.13. The molecular formula is C26H33NO5SSi. The van der Waals surface area contributed by atoms with Crippen LogP contribution in [0.15, 0.2) is 59.1 Å². The summed E-state index contributed by atoms with van der Waals surface area (Å²) in [4.78, 5) is 0. The monoisotopic (exact) mass is 499 g/mol. The molecule has 4 rings (SSSR count). The molecule has 1 saturated carbocycles. The van der Waals surface area contributed by atoms with E-state index in [1.165, 1.54) is 0 Å². The maximum Gasteiger partial charge on any atom is 0.264 e. The molecule has 0 N–H and O–H groups in total. The Morgan fingerprint density at radius 1 is 1.00 bits per heavy atom. The lowest BCUT2D eigenvalue weighted by molar-refractivity contribution is 0.251. The molecule has 1 heterocycles. The number of hydrogen-bond acceptors (Lipinski definition) is 6. The van der Waals surface area contributed by atoms with Gasteiger partial charge < -0.3 is 8.95 Å². The van der Waals surface area contributed by atoms with Crippen molar-refractivity contribution in [3.63, 3.8) is 0 Å². The summed E-state index contributed by atoms with van der Waals surface area (Å²) in [6, 6.07) is 17.9. The van der Waals surface area contributed by atoms with Gasteiger partial charge in [0.2, 0.25) is 8.32 Å². The lowest BCUT2D eigenvalue weighted by Crippen LogP contribution is -2.43. The maximum atomic E-state index is 11.6. The van der Waals surface area contributed by atoms with Crippen LogP contribution in [0.2, 0.25) is 18.1 Å². The molecule has 8 heteroatoms. The van der Waals surface area contributed by atoms with E-state index in [1.54, 1.807) is 0 Å². The van der Waals surface area contributed by atoms with E-state index in [1.807, 2.05) is 54.6 Å². The van der Waals surface area contributed by atoms with Crippen LogP contribution in [0.25, 0.3) is 22.4 Å². The van der Waals surface area contributed by atoms with E-state index in [2.05, 4.69) is 39.0 Å². The second-order valence-electron chi connectivity index (χ2n) is 10.7. The molecule has 0 bridgehead atoms. The largest absolute Gasteiger partial charge is 0.544 e. The third-order valence-electron chi connectivity index (χ3n) is 6.95. The Bertz CT molecular complexity index is 1250. The topological polar surface area (TPSA) is 78.6 Å². The van der Waals surface area contributed by atoms with Gasteiger partial charge in [-0.3, -0.25) is 4.18 Å². The van der Waals surface area contributed by atoms with Crippen molar-refractivity contribution in [2.24, 2.45) is 0 Å². The first kappa shape index (κ1) is 24.7. The van der Waals surface area contributed by atoms with Gasteiger partial charge >= 0.3 is 0 Å². The molecule has 1 aliphatic rings. The van der Waals surface area contributed by atoms with E-state index < -0.39 is 23.9 Å². The number of rotatable bonds is 8. The van der Waals surface area contributed by atoms with E-state index >= 15 is 0 Å². The molecule has 1 aromatic heterocycles. The molecule has 34 heavy (non-hydrogen) atoms. The normalized spacial score (nSPS) is 15.8. The Labute approximate surface area is 203 Å². The van der Waals surface area contributed by atoms with Gasteiger partial charge in [0.15, 0.2) is 5.76 Å². The molecule has 3 aromatic rings. The second kappa shape index (κ2) is 8.66. The highest BCUT2D eigenvalue weighted by molar-refractivity contribution is 7.85. The Kier molecular flexibility index (Phi) is 6.29. The van der Waals surface area contributed by atoms with Gasteiger partial charge in [-0.1, -0.05) is 56.3 Å². The van der Waals surface area contributed by atoms with Crippen molar-refractivity contribution in [1.29, 1.82) is 0 Å². The lowest BCUT2D eigenvalue weighted by atomic mass is 9.92. The van der Waals surface area contributed by atoms with Crippen molar-refractivity contribution in [2.75, 3.05) is 12.9 Å². The third kappa shape index (κ3) is 5.14. The van der Waals surface area contributed by atoms with E-state index in [0.717, 1.165) is 47.2 Å². The molecule has 0 amide bonds. The van der Waals surface area contributed by atoms with Gasteiger partial charge in [0.1, 0.15) is 11.4 Å². The minimum atomic E-state index is -3.55. The molecule has 1 aliphatic carbocycles. The summed E-state index contributed by atoms with van der Waals surface area (Å²) in [5.74, 6) is 1.53. The highest BCUT2D eigenvalue weighted by Gasteiger charge is 2.51. The van der Waals surface area contributed by atoms with Crippen LogP contribution >= 0.6 is 0 Å². The van der Waals surface area contributed by atoms with Crippen LogP contribution in [0, 0.1) is 0 Å². The second-order valence-corrected chi connectivity index (χ2v) is 17.1. The molecule has 0 aliphatic heterocycles. The molecule has 1 fully saturated rings. The van der Waals surface area contributed by atoms with Crippen LogP contribution in [-0.4, -0.2) is 34.8 Å². The molecule has 182 valence electrons. The molecule has 0 spiro atoms. The minimum absolute atomic E-state index is 0.0552. The zero-order valence-corrected chi connectivity index (χ0v) is 22.5. The zero-order chi connectivity index (χ0) is 24.8. The first-order chi connectivity index (χ1) is 15.8. The average Bonchev–Trinajstić information content (AvgIpc) is 3.42. The maximum absolute atomic E-state index is 11.6. The van der Waals surface area contributed by atoms with Crippen molar-refractivity contribution in [3.05, 3.63) is 60.4 Å². The summed E-state index contributed by atoms with van der Waals surface area (Å²) in [7, 11) is -5.49. The average molecular weight is 500 g/mol. The van der Waals surface area contributed by atoms with Gasteiger partial charge in [-0.05, 0) is 60.8 Å². The summed E-state index contributed by atoms with van der Waals surface area (Å²) >= 11 is 0. The Morgan fingerprint density at radius 2 is 1.62 bits per heavy atom. The quantitative estimate of drug-likeness (QED) is 0.264. The van der Waals surface area contributed by atoms with Gasteiger partial charge in [0.25, 0.3) is 10.1 Å². The predicted octanol–water partition coefficient (Wildman–Crippen LogP) is 6.40. The predicted molar refractivity (Wildman–Crippen MR) is 137 cm³/mol. The van der Waals surface area contributed by atoms with Crippen molar-refractivity contribution in [1.82, 2.24) is 5.16 Å². The van der Waals surface area contributed by atoms with Crippen molar-refractivity contribution in [2.45, 2.75) is 57.2 Å². The summed E-state index contributed by atoms with van der Waals surface area (Å²) in [5.41, 5.74) is 3.02. The SMILES string of the molecule is CC(C)(C)[Si](C)(C)Oc1ccc(-c2noc(C3(COS(C)(=O)=O)CC3)c2-c2ccccc2)cc1. The molecule has 0 saturated heterocycles.